The lowest BCUT2D eigenvalue weighted by Gasteiger charge is -2.33. The van der Waals surface area contributed by atoms with E-state index in [2.05, 4.69) is 21.3 Å². The molecular weight excluding hydrogens is 430 g/mol. The predicted molar refractivity (Wildman–Crippen MR) is 128 cm³/mol. The molecule has 1 aliphatic heterocycles. The van der Waals surface area contributed by atoms with E-state index in [1.165, 1.54) is 0 Å². The van der Waals surface area contributed by atoms with Gasteiger partial charge in [-0.05, 0) is 61.4 Å². The molecule has 1 N–H and O–H groups in total. The van der Waals surface area contributed by atoms with Crippen LogP contribution in [0.1, 0.15) is 51.4 Å². The molecule has 4 rings (SSSR count). The number of nitriles is 1. The van der Waals surface area contributed by atoms with E-state index in [9.17, 15) is 10.1 Å². The van der Waals surface area contributed by atoms with E-state index in [1.54, 1.807) is 7.11 Å². The number of methoxy groups -OCH3 is 1. The molecule has 1 aliphatic rings. The first kappa shape index (κ1) is 23.5. The van der Waals surface area contributed by atoms with Gasteiger partial charge in [0.2, 0.25) is 0 Å². The Morgan fingerprint density at radius 3 is 2.68 bits per heavy atom. The van der Waals surface area contributed by atoms with Crippen LogP contribution in [-0.4, -0.2) is 59.4 Å². The number of aromatic amines is 1. The molecule has 2 aromatic carbocycles. The monoisotopic (exact) mass is 459 g/mol. The summed E-state index contributed by atoms with van der Waals surface area (Å²) in [6.07, 6.45) is 1.68. The van der Waals surface area contributed by atoms with E-state index >= 15 is 0 Å². The fourth-order valence-corrected chi connectivity index (χ4v) is 4.50. The Bertz CT molecular complexity index is 1210. The van der Waals surface area contributed by atoms with Gasteiger partial charge in [-0.1, -0.05) is 24.3 Å². The minimum Gasteiger partial charge on any atom is -0.460 e. The van der Waals surface area contributed by atoms with Crippen LogP contribution in [-0.2, 0) is 4.74 Å². The van der Waals surface area contributed by atoms with Gasteiger partial charge >= 0.3 is 6.01 Å². The van der Waals surface area contributed by atoms with Gasteiger partial charge in [0.1, 0.15) is 6.61 Å². The van der Waals surface area contributed by atoms with Crippen LogP contribution in [0.25, 0.3) is 11.4 Å². The number of hydrogen-bond donors (Lipinski definition) is 1. The number of aromatic nitrogens is 3. The lowest BCUT2D eigenvalue weighted by atomic mass is 9.86. The van der Waals surface area contributed by atoms with Gasteiger partial charge in [-0.15, -0.1) is 5.10 Å². The number of rotatable bonds is 7. The second-order valence-corrected chi connectivity index (χ2v) is 8.56. The molecule has 8 heteroatoms. The minimum absolute atomic E-state index is 0.0156. The van der Waals surface area contributed by atoms with Crippen molar-refractivity contribution in [2.75, 3.05) is 33.4 Å². The number of nitrogens with zero attached hydrogens (tertiary/aromatic N) is 4. The second-order valence-electron chi connectivity index (χ2n) is 8.56. The van der Waals surface area contributed by atoms with Crippen molar-refractivity contribution in [2.24, 2.45) is 0 Å². The van der Waals surface area contributed by atoms with Crippen LogP contribution in [0.4, 0.5) is 0 Å². The van der Waals surface area contributed by atoms with Crippen molar-refractivity contribution in [3.63, 3.8) is 0 Å². The molecule has 0 unspecified atom stereocenters. The zero-order valence-electron chi connectivity index (χ0n) is 19.8. The maximum atomic E-state index is 13.5. The third-order valence-electron chi connectivity index (χ3n) is 6.34. The third kappa shape index (κ3) is 4.95. The Balaban J connectivity index is 1.49. The quantitative estimate of drug-likeness (QED) is 0.536. The highest BCUT2D eigenvalue weighted by atomic mass is 16.5. The standard InChI is InChI=1S/C26H29N5O3/c1-17-14-18(2)23(15-22(17)24-28-26(30-29-24)34-13-12-33-3)25(32)31-10-8-19(9-11-31)21-7-5-4-6-20(21)16-27/h4-7,14-15,19H,8-13H2,1-3H3,(H,28,29,30). The van der Waals surface area contributed by atoms with Crippen molar-refractivity contribution >= 4 is 5.91 Å². The summed E-state index contributed by atoms with van der Waals surface area (Å²) in [4.78, 5) is 19.8. The smallest absolute Gasteiger partial charge is 0.335 e. The summed E-state index contributed by atoms with van der Waals surface area (Å²) < 4.78 is 10.5. The largest absolute Gasteiger partial charge is 0.460 e. The first-order valence-corrected chi connectivity index (χ1v) is 11.5. The van der Waals surface area contributed by atoms with Gasteiger partial charge in [0, 0.05) is 31.3 Å². The number of ether oxygens (including phenoxy) is 2. The van der Waals surface area contributed by atoms with E-state index in [0.717, 1.165) is 40.7 Å². The zero-order valence-corrected chi connectivity index (χ0v) is 19.8. The van der Waals surface area contributed by atoms with Crippen LogP contribution in [0.5, 0.6) is 6.01 Å². The van der Waals surface area contributed by atoms with Crippen molar-refractivity contribution in [2.45, 2.75) is 32.6 Å². The normalized spacial score (nSPS) is 14.1. The number of nitrogens with one attached hydrogen (secondary N) is 1. The molecule has 1 fully saturated rings. The molecule has 3 aromatic rings. The highest BCUT2D eigenvalue weighted by Gasteiger charge is 2.27. The van der Waals surface area contributed by atoms with E-state index in [0.29, 0.717) is 43.6 Å². The summed E-state index contributed by atoms with van der Waals surface area (Å²) >= 11 is 0. The molecular formula is C26H29N5O3. The molecule has 1 saturated heterocycles. The predicted octanol–water partition coefficient (Wildman–Crippen LogP) is 4.01. The number of likely N-dealkylation sites (tertiary alicyclic amines) is 1. The number of aryl methyl sites for hydroxylation is 2. The molecule has 0 saturated carbocycles. The third-order valence-corrected chi connectivity index (χ3v) is 6.34. The van der Waals surface area contributed by atoms with Crippen LogP contribution in [0, 0.1) is 25.2 Å². The van der Waals surface area contributed by atoms with E-state index < -0.39 is 0 Å². The Morgan fingerprint density at radius 1 is 1.18 bits per heavy atom. The van der Waals surface area contributed by atoms with Gasteiger partial charge in [0.05, 0.1) is 18.2 Å². The highest BCUT2D eigenvalue weighted by molar-refractivity contribution is 5.97. The number of H-pyrrole nitrogens is 1. The summed E-state index contributed by atoms with van der Waals surface area (Å²) in [7, 11) is 1.61. The first-order chi connectivity index (χ1) is 16.5. The lowest BCUT2D eigenvalue weighted by molar-refractivity contribution is 0.0712. The molecule has 0 atom stereocenters. The minimum atomic E-state index is 0.0156. The number of carbonyl (C=O) groups is 1. The molecule has 0 radical (unpaired) electrons. The van der Waals surface area contributed by atoms with Gasteiger partial charge < -0.3 is 14.4 Å². The Hall–Kier alpha value is -3.70. The average molecular weight is 460 g/mol. The van der Waals surface area contributed by atoms with E-state index in [1.807, 2.05) is 55.1 Å². The number of piperidine rings is 1. The van der Waals surface area contributed by atoms with Gasteiger partial charge in [0.25, 0.3) is 5.91 Å². The zero-order chi connectivity index (χ0) is 24.1. The SMILES string of the molecule is COCCOc1n[nH]c(-c2cc(C(=O)N3CCC(c4ccccc4C#N)CC3)c(C)cc2C)n1. The van der Waals surface area contributed by atoms with Crippen molar-refractivity contribution in [3.05, 3.63) is 64.2 Å². The van der Waals surface area contributed by atoms with Crippen LogP contribution in [0.3, 0.4) is 0 Å². The number of benzene rings is 2. The molecule has 8 nitrogen and oxygen atoms in total. The van der Waals surface area contributed by atoms with Crippen LogP contribution < -0.4 is 4.74 Å². The summed E-state index contributed by atoms with van der Waals surface area (Å²) in [5.41, 5.74) is 5.22. The van der Waals surface area contributed by atoms with Crippen molar-refractivity contribution < 1.29 is 14.3 Å². The van der Waals surface area contributed by atoms with Crippen molar-refractivity contribution in [3.8, 4) is 23.5 Å². The fraction of sp³-hybridized carbons (Fsp3) is 0.385. The molecule has 1 amide bonds. The molecule has 34 heavy (non-hydrogen) atoms. The average Bonchev–Trinajstić information content (AvgIpc) is 3.32. The summed E-state index contributed by atoms with van der Waals surface area (Å²) in [6, 6.07) is 14.2. The Labute approximate surface area is 199 Å². The number of carbonyl (C=O) groups excluding carboxylic acids is 1. The molecule has 0 bridgehead atoms. The van der Waals surface area contributed by atoms with Crippen LogP contribution in [0.2, 0.25) is 0 Å². The second kappa shape index (κ2) is 10.5. The summed E-state index contributed by atoms with van der Waals surface area (Å²) in [6.45, 7) is 6.07. The van der Waals surface area contributed by atoms with E-state index in [-0.39, 0.29) is 11.9 Å². The molecule has 176 valence electrons. The van der Waals surface area contributed by atoms with E-state index in [4.69, 9.17) is 9.47 Å². The summed E-state index contributed by atoms with van der Waals surface area (Å²) in [5, 5.41) is 16.4. The first-order valence-electron chi connectivity index (χ1n) is 11.5. The van der Waals surface area contributed by atoms with Crippen molar-refractivity contribution in [1.82, 2.24) is 20.1 Å². The van der Waals surface area contributed by atoms with Crippen molar-refractivity contribution in [1.29, 1.82) is 5.26 Å². The Kier molecular flexibility index (Phi) is 7.24. The maximum Gasteiger partial charge on any atom is 0.335 e. The van der Waals surface area contributed by atoms with Crippen LogP contribution >= 0.6 is 0 Å². The van der Waals surface area contributed by atoms with Gasteiger partial charge in [-0.3, -0.25) is 9.89 Å². The molecule has 0 aliphatic carbocycles. The van der Waals surface area contributed by atoms with Gasteiger partial charge in [-0.25, -0.2) is 0 Å². The fourth-order valence-electron chi connectivity index (χ4n) is 4.50. The van der Waals surface area contributed by atoms with Gasteiger partial charge in [-0.2, -0.15) is 10.2 Å². The topological polar surface area (TPSA) is 104 Å². The molecule has 1 aromatic heterocycles. The number of amides is 1. The molecule has 0 spiro atoms. The number of hydrogen-bond acceptors (Lipinski definition) is 6. The van der Waals surface area contributed by atoms with Gasteiger partial charge in [0.15, 0.2) is 5.82 Å². The lowest BCUT2D eigenvalue weighted by Crippen LogP contribution is -2.38. The maximum absolute atomic E-state index is 13.5. The summed E-state index contributed by atoms with van der Waals surface area (Å²) in [5.74, 6) is 0.868. The van der Waals surface area contributed by atoms with Crippen LogP contribution in [0.15, 0.2) is 36.4 Å². The highest BCUT2D eigenvalue weighted by Crippen LogP contribution is 2.32. The molecule has 2 heterocycles. The Morgan fingerprint density at radius 2 is 1.94 bits per heavy atom.